The maximum absolute atomic E-state index is 13.7. The Morgan fingerprint density at radius 3 is 1.64 bits per heavy atom. The van der Waals surface area contributed by atoms with Gasteiger partial charge < -0.3 is 49.9 Å². The van der Waals surface area contributed by atoms with Gasteiger partial charge in [0.15, 0.2) is 0 Å². The van der Waals surface area contributed by atoms with Gasteiger partial charge in [0.1, 0.15) is 0 Å². The summed E-state index contributed by atoms with van der Waals surface area (Å²) in [5, 5.41) is 67.8. The largest absolute Gasteiger partial charge is 0.449 e. The van der Waals surface area contributed by atoms with E-state index in [1.807, 2.05) is 4.90 Å². The van der Waals surface area contributed by atoms with Crippen molar-refractivity contribution < 1.29 is 49.7 Å². The molecule has 12 heteroatoms. The van der Waals surface area contributed by atoms with Crippen molar-refractivity contribution in [2.75, 3.05) is 52.6 Å². The number of fused-ring (bicyclic) bond motifs is 10. The van der Waals surface area contributed by atoms with Crippen molar-refractivity contribution in [2.24, 2.45) is 116 Å². The summed E-state index contributed by atoms with van der Waals surface area (Å²) in [6.45, 7) is 20.4. The molecule has 12 nitrogen and oxygen atoms in total. The van der Waals surface area contributed by atoms with E-state index in [4.69, 9.17) is 9.47 Å². The summed E-state index contributed by atoms with van der Waals surface area (Å²) in [6.07, 6.45) is 20.6. The van der Waals surface area contributed by atoms with Gasteiger partial charge in [0.05, 0.1) is 37.6 Å². The molecule has 10 fully saturated rings. The predicted octanol–water partition coefficient (Wildman–Crippen LogP) is 10.7. The molecule has 23 atom stereocenters. The second kappa shape index (κ2) is 22.6. The molecule has 2 heterocycles. The summed E-state index contributed by atoms with van der Waals surface area (Å²) >= 11 is 0. The van der Waals surface area contributed by atoms with E-state index >= 15 is 0 Å². The van der Waals surface area contributed by atoms with Crippen LogP contribution in [0.15, 0.2) is 0 Å². The first-order valence-corrected chi connectivity index (χ1v) is 32.0. The molecule has 0 aromatic rings. The summed E-state index contributed by atoms with van der Waals surface area (Å²) in [7, 11) is 0. The Balaban J connectivity index is 0.852. The van der Waals surface area contributed by atoms with Crippen LogP contribution in [0.5, 0.6) is 0 Å². The van der Waals surface area contributed by atoms with Gasteiger partial charge >= 0.3 is 12.2 Å². The molecule has 0 spiro atoms. The number of rotatable bonds is 15. The van der Waals surface area contributed by atoms with Crippen molar-refractivity contribution >= 4 is 12.2 Å². The number of amides is 2. The Labute approximate surface area is 459 Å². The lowest BCUT2D eigenvalue weighted by atomic mass is 9.41. The minimum atomic E-state index is -0.415. The molecule has 6 N–H and O–H groups in total. The van der Waals surface area contributed by atoms with Crippen LogP contribution in [-0.2, 0) is 9.47 Å². The van der Waals surface area contributed by atoms with E-state index in [-0.39, 0.29) is 106 Å². The number of hydrogen-bond donors (Lipinski definition) is 6. The Morgan fingerprint density at radius 2 is 1.08 bits per heavy atom. The van der Waals surface area contributed by atoms with Crippen molar-refractivity contribution in [3.05, 3.63) is 0 Å². The normalized spacial score (nSPS) is 47.4. The SMILES string of the molecule is CC[C@@H]1C2C[C@H](O)CC[C@]2(C)C2CC[C@]3(C)[C@@H]([C@H](CCC[C@@H]4C5C[C@H](O)CC[C@]5(C)[C@H]5CC[C@]6(C)[C@@H]([C@H](C)CCOC(=O)N7CC[C@@H](CO)C7)CC[C@H]6C5[C@@H]4O)CCOC(=O)N4CCC(C)(CO)CC4)CC[C@H]3[C@@H]2[C@@H]1O. The fourth-order valence-corrected chi connectivity index (χ4v) is 22.3. The van der Waals surface area contributed by atoms with Crippen LogP contribution in [0.3, 0.4) is 0 Å². The molecule has 0 aromatic heterocycles. The first kappa shape index (κ1) is 57.5. The van der Waals surface area contributed by atoms with Crippen LogP contribution < -0.4 is 0 Å². The molecule has 76 heavy (non-hydrogen) atoms. The van der Waals surface area contributed by atoms with E-state index in [1.54, 1.807) is 4.90 Å². The van der Waals surface area contributed by atoms with Crippen molar-refractivity contribution in [3.8, 4) is 0 Å². The molecule has 10 rings (SSSR count). The predicted molar refractivity (Wildman–Crippen MR) is 294 cm³/mol. The number of ether oxygens (including phenoxy) is 2. The first-order valence-electron chi connectivity index (χ1n) is 32.0. The van der Waals surface area contributed by atoms with Gasteiger partial charge in [-0.15, -0.1) is 0 Å². The van der Waals surface area contributed by atoms with E-state index in [2.05, 4.69) is 48.5 Å². The molecule has 0 bridgehead atoms. The second-order valence-corrected chi connectivity index (χ2v) is 30.0. The monoisotopic (exact) mass is 1060 g/mol. The third kappa shape index (κ3) is 10.1. The molecule has 0 aromatic carbocycles. The maximum Gasteiger partial charge on any atom is 0.409 e. The van der Waals surface area contributed by atoms with Crippen molar-refractivity contribution in [2.45, 2.75) is 221 Å². The molecule has 0 radical (unpaired) electrons. The summed E-state index contributed by atoms with van der Waals surface area (Å²) in [5.41, 5.74) is 0.245. The number of carbonyl (C=O) groups is 2. The van der Waals surface area contributed by atoms with Crippen LogP contribution in [-0.4, -0.2) is 130 Å². The molecule has 10 aliphatic rings. The zero-order valence-corrected chi connectivity index (χ0v) is 48.6. The zero-order valence-electron chi connectivity index (χ0n) is 48.6. The van der Waals surface area contributed by atoms with Gasteiger partial charge in [-0.3, -0.25) is 0 Å². The summed E-state index contributed by atoms with van der Waals surface area (Å²) in [5.74, 6) is 5.10. The average Bonchev–Trinajstić information content (AvgIpc) is 4.14. The number of aliphatic hydroxyl groups is 6. The Kier molecular flexibility index (Phi) is 17.1. The lowest BCUT2D eigenvalue weighted by molar-refractivity contribution is -0.205. The van der Waals surface area contributed by atoms with E-state index in [9.17, 15) is 40.2 Å². The van der Waals surface area contributed by atoms with Crippen LogP contribution in [0.25, 0.3) is 0 Å². The minimum Gasteiger partial charge on any atom is -0.449 e. The van der Waals surface area contributed by atoms with Crippen LogP contribution in [0.2, 0.25) is 0 Å². The van der Waals surface area contributed by atoms with E-state index in [0.717, 1.165) is 141 Å². The van der Waals surface area contributed by atoms with Crippen LogP contribution >= 0.6 is 0 Å². The highest BCUT2D eigenvalue weighted by Gasteiger charge is 2.67. The van der Waals surface area contributed by atoms with Gasteiger partial charge in [-0.1, -0.05) is 67.7 Å². The van der Waals surface area contributed by atoms with Gasteiger partial charge in [0.2, 0.25) is 0 Å². The number of piperidine rings is 1. The number of hydrogen-bond acceptors (Lipinski definition) is 10. The topological polar surface area (TPSA) is 180 Å². The Bertz CT molecular complexity index is 2000. The molecular formula is C64H108N2O10. The van der Waals surface area contributed by atoms with Gasteiger partial charge in [-0.25, -0.2) is 9.59 Å². The fraction of sp³-hybridized carbons (Fsp3) is 0.969. The fourth-order valence-electron chi connectivity index (χ4n) is 22.3. The van der Waals surface area contributed by atoms with Crippen LogP contribution in [0.1, 0.15) is 196 Å². The second-order valence-electron chi connectivity index (χ2n) is 30.0. The molecule has 434 valence electrons. The third-order valence-corrected chi connectivity index (χ3v) is 26.7. The highest BCUT2D eigenvalue weighted by atomic mass is 16.6. The van der Waals surface area contributed by atoms with Crippen molar-refractivity contribution in [1.29, 1.82) is 0 Å². The molecule has 2 saturated heterocycles. The first-order chi connectivity index (χ1) is 36.2. The highest BCUT2D eigenvalue weighted by Crippen LogP contribution is 2.72. The average molecular weight is 1070 g/mol. The molecule has 2 aliphatic heterocycles. The molecular weight excluding hydrogens is 957 g/mol. The van der Waals surface area contributed by atoms with Crippen molar-refractivity contribution in [3.63, 3.8) is 0 Å². The Morgan fingerprint density at radius 1 is 0.566 bits per heavy atom. The quantitative estimate of drug-likeness (QED) is 0.0924. The lowest BCUT2D eigenvalue weighted by Gasteiger charge is -2.65. The summed E-state index contributed by atoms with van der Waals surface area (Å²) in [6, 6.07) is 0. The van der Waals surface area contributed by atoms with Gasteiger partial charge in [0.25, 0.3) is 0 Å². The summed E-state index contributed by atoms with van der Waals surface area (Å²) in [4.78, 5) is 30.2. The third-order valence-electron chi connectivity index (χ3n) is 26.7. The maximum atomic E-state index is 13.7. The minimum absolute atomic E-state index is 0.0694. The number of likely N-dealkylation sites (tertiary alicyclic amines) is 2. The van der Waals surface area contributed by atoms with E-state index < -0.39 is 6.10 Å². The van der Waals surface area contributed by atoms with Gasteiger partial charge in [0, 0.05) is 45.3 Å². The summed E-state index contributed by atoms with van der Waals surface area (Å²) < 4.78 is 12.1. The van der Waals surface area contributed by atoms with E-state index in [1.165, 1.54) is 6.42 Å². The molecule has 2 amide bonds. The lowest BCUT2D eigenvalue weighted by Crippen LogP contribution is -2.62. The Hall–Kier alpha value is -1.70. The molecule has 8 aliphatic carbocycles. The molecule has 4 unspecified atom stereocenters. The standard InChI is InChI=1S/C64H108N2O10/c1-8-44-52-34-42(69)16-23-63(52,6)50-19-26-62(5)47(13-15-49(62)54(50)56(44)71)41(22-33-76-58(73)65-30-27-60(3,38-68)28-31-65)10-9-11-45-53-35-43(70)17-24-64(53,7)51-18-25-61(4)46(12-14-48(61)55(51)57(45)72)39(2)21-32-75-59(74)66-29-20-40(36-66)37-67/h39-57,67-72H,8-38H2,1-7H3/t39-,40-,41-,42-,43-,44-,45-,46-,47-,48+,49+,50?,51+,52?,53?,54+,55?,56-,57-,61-,62-,63-,64-/m1/s1. The molecule has 8 saturated carbocycles. The number of aliphatic hydroxyl groups excluding tert-OH is 6. The smallest absolute Gasteiger partial charge is 0.409 e. The van der Waals surface area contributed by atoms with Crippen LogP contribution in [0.4, 0.5) is 9.59 Å². The van der Waals surface area contributed by atoms with E-state index in [0.29, 0.717) is 92.7 Å². The number of nitrogens with zero attached hydrogens (tertiary/aromatic N) is 2. The van der Waals surface area contributed by atoms with Gasteiger partial charge in [-0.05, 0) is 238 Å². The zero-order chi connectivity index (χ0) is 54.1. The van der Waals surface area contributed by atoms with Gasteiger partial charge in [-0.2, -0.15) is 0 Å². The highest BCUT2D eigenvalue weighted by molar-refractivity contribution is 5.68. The van der Waals surface area contributed by atoms with Crippen LogP contribution in [0, 0.1) is 116 Å². The number of carbonyl (C=O) groups excluding carboxylic acids is 2. The van der Waals surface area contributed by atoms with Crippen molar-refractivity contribution in [1.82, 2.24) is 9.80 Å².